The van der Waals surface area contributed by atoms with E-state index in [4.69, 9.17) is 5.73 Å². The summed E-state index contributed by atoms with van der Waals surface area (Å²) >= 11 is 0. The van der Waals surface area contributed by atoms with Gasteiger partial charge in [0, 0.05) is 24.7 Å². The molecule has 6 heteroatoms. The number of rotatable bonds is 8. The fraction of sp³-hybridized carbons (Fsp3) is 0.632. The second-order valence-corrected chi connectivity index (χ2v) is 6.50. The molecular formula is C19H33Cl2N3O. The van der Waals surface area contributed by atoms with E-state index in [1.165, 1.54) is 38.8 Å². The van der Waals surface area contributed by atoms with Gasteiger partial charge in [0.2, 0.25) is 0 Å². The molecule has 0 aromatic heterocycles. The van der Waals surface area contributed by atoms with Crippen molar-refractivity contribution < 1.29 is 4.79 Å². The molecule has 144 valence electrons. The molecule has 1 amide bonds. The van der Waals surface area contributed by atoms with Crippen LogP contribution in [-0.2, 0) is 6.54 Å². The van der Waals surface area contributed by atoms with E-state index >= 15 is 0 Å². The van der Waals surface area contributed by atoms with Gasteiger partial charge in [0.05, 0.1) is 0 Å². The van der Waals surface area contributed by atoms with Crippen molar-refractivity contribution in [3.05, 3.63) is 35.4 Å². The summed E-state index contributed by atoms with van der Waals surface area (Å²) in [6.45, 7) is 8.09. The Labute approximate surface area is 164 Å². The predicted octanol–water partition coefficient (Wildman–Crippen LogP) is 3.62. The lowest BCUT2D eigenvalue weighted by Crippen LogP contribution is -2.46. The van der Waals surface area contributed by atoms with Crippen LogP contribution in [-0.4, -0.2) is 36.5 Å². The summed E-state index contributed by atoms with van der Waals surface area (Å²) < 4.78 is 0. The molecule has 0 aliphatic carbocycles. The molecule has 0 bridgehead atoms. The van der Waals surface area contributed by atoms with Crippen LogP contribution in [0.25, 0.3) is 0 Å². The van der Waals surface area contributed by atoms with Gasteiger partial charge in [-0.1, -0.05) is 38.8 Å². The summed E-state index contributed by atoms with van der Waals surface area (Å²) in [5, 5.41) is 3.15. The van der Waals surface area contributed by atoms with Crippen LogP contribution in [0, 0.1) is 5.92 Å². The van der Waals surface area contributed by atoms with Gasteiger partial charge in [-0.2, -0.15) is 0 Å². The first-order chi connectivity index (χ1) is 11.2. The van der Waals surface area contributed by atoms with E-state index < -0.39 is 0 Å². The molecule has 1 aromatic carbocycles. The Balaban J connectivity index is 0.00000288. The minimum Gasteiger partial charge on any atom is -0.350 e. The Morgan fingerprint density at radius 3 is 2.16 bits per heavy atom. The normalized spacial score (nSPS) is 15.4. The van der Waals surface area contributed by atoms with Gasteiger partial charge in [0.15, 0.2) is 0 Å². The monoisotopic (exact) mass is 389 g/mol. The highest BCUT2D eigenvalue weighted by Gasteiger charge is 2.27. The Morgan fingerprint density at radius 2 is 1.68 bits per heavy atom. The van der Waals surface area contributed by atoms with Crippen molar-refractivity contribution in [3.63, 3.8) is 0 Å². The third-order valence-electron chi connectivity index (χ3n) is 5.13. The van der Waals surface area contributed by atoms with Crippen LogP contribution in [0.3, 0.4) is 0 Å². The lowest BCUT2D eigenvalue weighted by atomic mass is 9.93. The standard InChI is InChI=1S/C19H31N3O.2ClH/c1-3-16(4-2)18(22-11-5-6-12-22)14-21-19(23)17-9-7-15(13-20)8-10-17;;/h7-10,16,18H,3-6,11-14,20H2,1-2H3,(H,21,23);2*1H. The summed E-state index contributed by atoms with van der Waals surface area (Å²) in [5.41, 5.74) is 7.37. The van der Waals surface area contributed by atoms with Gasteiger partial charge in [0.25, 0.3) is 5.91 Å². The molecule has 4 nitrogen and oxygen atoms in total. The molecule has 1 aliphatic rings. The number of carbonyl (C=O) groups is 1. The molecule has 0 radical (unpaired) electrons. The van der Waals surface area contributed by atoms with Crippen LogP contribution in [0.15, 0.2) is 24.3 Å². The van der Waals surface area contributed by atoms with Gasteiger partial charge >= 0.3 is 0 Å². The van der Waals surface area contributed by atoms with E-state index in [1.54, 1.807) is 0 Å². The van der Waals surface area contributed by atoms with Crippen molar-refractivity contribution in [2.24, 2.45) is 11.7 Å². The van der Waals surface area contributed by atoms with E-state index in [-0.39, 0.29) is 30.7 Å². The van der Waals surface area contributed by atoms with E-state index in [9.17, 15) is 4.79 Å². The maximum absolute atomic E-state index is 12.4. The van der Waals surface area contributed by atoms with Gasteiger partial charge in [-0.25, -0.2) is 0 Å². The Kier molecular flexibility index (Phi) is 12.1. The fourth-order valence-corrected chi connectivity index (χ4v) is 3.59. The number of hydrogen-bond donors (Lipinski definition) is 2. The second kappa shape index (κ2) is 12.5. The average molecular weight is 390 g/mol. The summed E-state index contributed by atoms with van der Waals surface area (Å²) in [4.78, 5) is 15.0. The van der Waals surface area contributed by atoms with Crippen molar-refractivity contribution in [3.8, 4) is 0 Å². The van der Waals surface area contributed by atoms with Gasteiger partial charge in [-0.05, 0) is 49.5 Å². The molecule has 1 aromatic rings. The van der Waals surface area contributed by atoms with Gasteiger partial charge in [-0.15, -0.1) is 24.8 Å². The minimum atomic E-state index is 0. The Hall–Kier alpha value is -0.810. The van der Waals surface area contributed by atoms with E-state index in [0.29, 0.717) is 24.1 Å². The molecule has 25 heavy (non-hydrogen) atoms. The smallest absolute Gasteiger partial charge is 0.251 e. The number of hydrogen-bond acceptors (Lipinski definition) is 3. The largest absolute Gasteiger partial charge is 0.350 e. The predicted molar refractivity (Wildman–Crippen MR) is 110 cm³/mol. The average Bonchev–Trinajstić information content (AvgIpc) is 3.12. The molecule has 2 rings (SSSR count). The number of benzene rings is 1. The molecule has 1 unspecified atom stereocenters. The number of nitrogens with one attached hydrogen (secondary N) is 1. The van der Waals surface area contributed by atoms with Crippen molar-refractivity contribution in [1.82, 2.24) is 10.2 Å². The fourth-order valence-electron chi connectivity index (χ4n) is 3.59. The molecule has 1 heterocycles. The van der Waals surface area contributed by atoms with Crippen LogP contribution >= 0.6 is 24.8 Å². The molecule has 1 fully saturated rings. The molecule has 1 atom stereocenters. The molecule has 3 N–H and O–H groups in total. The van der Waals surface area contributed by atoms with Crippen molar-refractivity contribution in [2.75, 3.05) is 19.6 Å². The molecule has 1 aliphatic heterocycles. The number of carbonyl (C=O) groups excluding carboxylic acids is 1. The summed E-state index contributed by atoms with van der Waals surface area (Å²) in [6, 6.07) is 8.03. The number of amides is 1. The molecular weight excluding hydrogens is 357 g/mol. The van der Waals surface area contributed by atoms with Crippen LogP contribution in [0.4, 0.5) is 0 Å². The zero-order valence-corrected chi connectivity index (χ0v) is 17.0. The topological polar surface area (TPSA) is 58.4 Å². The van der Waals surface area contributed by atoms with Gasteiger partial charge in [0.1, 0.15) is 0 Å². The summed E-state index contributed by atoms with van der Waals surface area (Å²) in [6.07, 6.45) is 4.90. The van der Waals surface area contributed by atoms with E-state index in [1.807, 2.05) is 24.3 Å². The highest BCUT2D eigenvalue weighted by molar-refractivity contribution is 5.94. The van der Waals surface area contributed by atoms with E-state index in [0.717, 1.165) is 12.1 Å². The summed E-state index contributed by atoms with van der Waals surface area (Å²) in [5.74, 6) is 0.664. The maximum Gasteiger partial charge on any atom is 0.251 e. The first kappa shape index (κ1) is 24.2. The van der Waals surface area contributed by atoms with Crippen molar-refractivity contribution in [2.45, 2.75) is 52.1 Å². The minimum absolute atomic E-state index is 0. The highest BCUT2D eigenvalue weighted by Crippen LogP contribution is 2.22. The molecule has 0 spiro atoms. The molecule has 1 saturated heterocycles. The number of likely N-dealkylation sites (tertiary alicyclic amines) is 1. The molecule has 0 saturated carbocycles. The number of nitrogens with zero attached hydrogens (tertiary/aromatic N) is 1. The first-order valence-corrected chi connectivity index (χ1v) is 9.00. The summed E-state index contributed by atoms with van der Waals surface area (Å²) in [7, 11) is 0. The third-order valence-corrected chi connectivity index (χ3v) is 5.13. The quantitative estimate of drug-likeness (QED) is 0.713. The second-order valence-electron chi connectivity index (χ2n) is 6.50. The lowest BCUT2D eigenvalue weighted by Gasteiger charge is -2.34. The van der Waals surface area contributed by atoms with Crippen LogP contribution in [0.2, 0.25) is 0 Å². The number of nitrogens with two attached hydrogens (primary N) is 1. The van der Waals surface area contributed by atoms with Crippen molar-refractivity contribution >= 4 is 30.7 Å². The maximum atomic E-state index is 12.4. The van der Waals surface area contributed by atoms with Crippen LogP contribution in [0.5, 0.6) is 0 Å². The lowest BCUT2D eigenvalue weighted by molar-refractivity contribution is 0.0918. The SMILES string of the molecule is CCC(CC)C(CNC(=O)c1ccc(CN)cc1)N1CCCC1.Cl.Cl. The van der Waals surface area contributed by atoms with E-state index in [2.05, 4.69) is 24.1 Å². The zero-order chi connectivity index (χ0) is 16.7. The first-order valence-electron chi connectivity index (χ1n) is 9.00. The zero-order valence-electron chi connectivity index (χ0n) is 15.4. The Morgan fingerprint density at radius 1 is 1.12 bits per heavy atom. The highest BCUT2D eigenvalue weighted by atomic mass is 35.5. The van der Waals surface area contributed by atoms with Crippen molar-refractivity contribution in [1.29, 1.82) is 0 Å². The third kappa shape index (κ3) is 6.78. The Bertz CT molecular complexity index is 484. The number of halogens is 2. The van der Waals surface area contributed by atoms with Gasteiger partial charge in [-0.3, -0.25) is 9.69 Å². The van der Waals surface area contributed by atoms with Gasteiger partial charge < -0.3 is 11.1 Å². The van der Waals surface area contributed by atoms with Crippen LogP contribution < -0.4 is 11.1 Å². The van der Waals surface area contributed by atoms with Crippen LogP contribution in [0.1, 0.15) is 55.5 Å².